The lowest BCUT2D eigenvalue weighted by Gasteiger charge is -2.53. The summed E-state index contributed by atoms with van der Waals surface area (Å²) >= 11 is 0. The van der Waals surface area contributed by atoms with Gasteiger partial charge in [0.2, 0.25) is 0 Å². The maximum absolute atomic E-state index is 12.6. The first-order valence-electron chi connectivity index (χ1n) is 8.39. The summed E-state index contributed by atoms with van der Waals surface area (Å²) in [5, 5.41) is 13.1. The molecule has 2 aliphatic rings. The van der Waals surface area contributed by atoms with Crippen molar-refractivity contribution in [2.24, 2.45) is 16.5 Å². The number of ether oxygens (including phenoxy) is 2. The highest BCUT2D eigenvalue weighted by Gasteiger charge is 2.57. The highest BCUT2D eigenvalue weighted by Crippen LogP contribution is 2.58. The molecular weight excluding hydrogens is 306 g/mol. The summed E-state index contributed by atoms with van der Waals surface area (Å²) in [4.78, 5) is 12.6. The van der Waals surface area contributed by atoms with E-state index in [9.17, 15) is 10.0 Å². The molecule has 24 heavy (non-hydrogen) atoms. The quantitative estimate of drug-likeness (QED) is 0.511. The number of methoxy groups -OCH3 is 2. The van der Waals surface area contributed by atoms with Crippen LogP contribution < -0.4 is 4.74 Å². The van der Waals surface area contributed by atoms with Crippen molar-refractivity contribution in [2.45, 2.75) is 44.9 Å². The van der Waals surface area contributed by atoms with Crippen molar-refractivity contribution in [1.82, 2.24) is 0 Å². The predicted molar refractivity (Wildman–Crippen MR) is 90.8 cm³/mol. The number of oxime groups is 1. The molecule has 1 aromatic carbocycles. The summed E-state index contributed by atoms with van der Waals surface area (Å²) in [6.07, 6.45) is 3.31. The third-order valence-corrected chi connectivity index (χ3v) is 6.25. The Labute approximate surface area is 142 Å². The van der Waals surface area contributed by atoms with Gasteiger partial charge in [0.25, 0.3) is 0 Å². The molecule has 0 amide bonds. The van der Waals surface area contributed by atoms with Gasteiger partial charge in [-0.2, -0.15) is 0 Å². The molecule has 0 spiro atoms. The van der Waals surface area contributed by atoms with E-state index in [4.69, 9.17) is 9.47 Å². The first-order valence-corrected chi connectivity index (χ1v) is 8.39. The fourth-order valence-corrected chi connectivity index (χ4v) is 4.90. The zero-order valence-electron chi connectivity index (χ0n) is 14.8. The average Bonchev–Trinajstić information content (AvgIpc) is 2.60. The number of esters is 1. The van der Waals surface area contributed by atoms with E-state index in [0.29, 0.717) is 12.1 Å². The lowest BCUT2D eigenvalue weighted by molar-refractivity contribution is -0.160. The van der Waals surface area contributed by atoms with Crippen LogP contribution in [0.15, 0.2) is 23.4 Å². The van der Waals surface area contributed by atoms with Crippen LogP contribution in [0.25, 0.3) is 0 Å². The van der Waals surface area contributed by atoms with Gasteiger partial charge >= 0.3 is 5.97 Å². The molecule has 0 radical (unpaired) electrons. The molecule has 0 heterocycles. The molecule has 5 nitrogen and oxygen atoms in total. The Morgan fingerprint density at radius 3 is 2.67 bits per heavy atom. The highest BCUT2D eigenvalue weighted by atomic mass is 16.5. The predicted octanol–water partition coefficient (Wildman–Crippen LogP) is 3.51. The van der Waals surface area contributed by atoms with Gasteiger partial charge in [0.1, 0.15) is 5.75 Å². The summed E-state index contributed by atoms with van der Waals surface area (Å²) in [6, 6.07) is 5.86. The van der Waals surface area contributed by atoms with Crippen LogP contribution in [0.1, 0.15) is 50.7 Å². The molecule has 3 unspecified atom stereocenters. The second-order valence-electron chi connectivity index (χ2n) is 7.39. The Kier molecular flexibility index (Phi) is 4.06. The number of rotatable bonds is 2. The molecule has 0 aromatic heterocycles. The molecule has 3 atom stereocenters. The van der Waals surface area contributed by atoms with Gasteiger partial charge in [-0.15, -0.1) is 0 Å². The third-order valence-electron chi connectivity index (χ3n) is 6.25. The van der Waals surface area contributed by atoms with Crippen LogP contribution in [0, 0.1) is 11.3 Å². The molecular formula is C19H25NO4. The van der Waals surface area contributed by atoms with Crippen LogP contribution in [0.4, 0.5) is 0 Å². The van der Waals surface area contributed by atoms with Gasteiger partial charge in [-0.25, -0.2) is 0 Å². The van der Waals surface area contributed by atoms with Crippen molar-refractivity contribution >= 4 is 11.7 Å². The van der Waals surface area contributed by atoms with E-state index in [-0.39, 0.29) is 17.3 Å². The smallest absolute Gasteiger partial charge is 0.311 e. The SMILES string of the molecule is COC(=O)C1(C)CCCC2(C)c3cc(OC)ccc3C(=NO)CC12. The van der Waals surface area contributed by atoms with E-state index in [1.807, 2.05) is 25.1 Å². The number of hydrogen-bond donors (Lipinski definition) is 1. The number of fused-ring (bicyclic) bond motifs is 3. The van der Waals surface area contributed by atoms with E-state index in [2.05, 4.69) is 12.1 Å². The van der Waals surface area contributed by atoms with Gasteiger partial charge < -0.3 is 14.7 Å². The van der Waals surface area contributed by atoms with E-state index >= 15 is 0 Å². The van der Waals surface area contributed by atoms with Crippen molar-refractivity contribution in [3.8, 4) is 5.75 Å². The lowest BCUT2D eigenvalue weighted by Crippen LogP contribution is -2.53. The fourth-order valence-electron chi connectivity index (χ4n) is 4.90. The van der Waals surface area contributed by atoms with Crippen LogP contribution >= 0.6 is 0 Å². The van der Waals surface area contributed by atoms with Crippen molar-refractivity contribution in [3.05, 3.63) is 29.3 Å². The normalized spacial score (nSPS) is 33.5. The number of carbonyl (C=O) groups is 1. The maximum atomic E-state index is 12.6. The Hall–Kier alpha value is -2.04. The average molecular weight is 331 g/mol. The van der Waals surface area contributed by atoms with Crippen LogP contribution in [-0.2, 0) is 14.9 Å². The van der Waals surface area contributed by atoms with Gasteiger partial charge in [-0.1, -0.05) is 18.5 Å². The topological polar surface area (TPSA) is 68.1 Å². The van der Waals surface area contributed by atoms with Gasteiger partial charge in [0.15, 0.2) is 0 Å². The minimum absolute atomic E-state index is 0.0247. The fraction of sp³-hybridized carbons (Fsp3) is 0.579. The second-order valence-corrected chi connectivity index (χ2v) is 7.39. The van der Waals surface area contributed by atoms with E-state index in [1.165, 1.54) is 7.11 Å². The van der Waals surface area contributed by atoms with Crippen LogP contribution in [0.2, 0.25) is 0 Å². The molecule has 1 saturated carbocycles. The van der Waals surface area contributed by atoms with Crippen molar-refractivity contribution < 1.29 is 19.5 Å². The summed E-state index contributed by atoms with van der Waals surface area (Å²) in [6.45, 7) is 4.20. The van der Waals surface area contributed by atoms with Crippen molar-refractivity contribution in [3.63, 3.8) is 0 Å². The lowest BCUT2D eigenvalue weighted by atomic mass is 9.49. The summed E-state index contributed by atoms with van der Waals surface area (Å²) in [5.74, 6) is 0.622. The molecule has 5 heteroatoms. The standard InChI is InChI=1S/C19H25NO4/c1-18-8-5-9-19(2,17(21)24-4)16(18)11-15(20-22)13-7-6-12(23-3)10-14(13)18/h6-7,10,16,22H,5,8-9,11H2,1-4H3. The van der Waals surface area contributed by atoms with E-state index in [0.717, 1.165) is 36.1 Å². The third kappa shape index (κ3) is 2.21. The van der Waals surface area contributed by atoms with E-state index < -0.39 is 5.41 Å². The maximum Gasteiger partial charge on any atom is 0.311 e. The van der Waals surface area contributed by atoms with Crippen LogP contribution in [0.5, 0.6) is 5.75 Å². The molecule has 2 aliphatic carbocycles. The van der Waals surface area contributed by atoms with Crippen molar-refractivity contribution in [2.75, 3.05) is 14.2 Å². The molecule has 1 N–H and O–H groups in total. The number of carbonyl (C=O) groups excluding carboxylic acids is 1. The Morgan fingerprint density at radius 1 is 1.29 bits per heavy atom. The Bertz CT molecular complexity index is 699. The molecule has 1 aromatic rings. The monoisotopic (exact) mass is 331 g/mol. The molecule has 3 rings (SSSR count). The van der Waals surface area contributed by atoms with Crippen LogP contribution in [-0.4, -0.2) is 31.1 Å². The molecule has 0 bridgehead atoms. The first kappa shape index (κ1) is 16.8. The zero-order valence-corrected chi connectivity index (χ0v) is 14.8. The highest BCUT2D eigenvalue weighted by molar-refractivity contribution is 6.04. The molecule has 130 valence electrons. The molecule has 0 aliphatic heterocycles. The van der Waals surface area contributed by atoms with Gasteiger partial charge in [0.05, 0.1) is 25.3 Å². The minimum Gasteiger partial charge on any atom is -0.497 e. The summed E-state index contributed by atoms with van der Waals surface area (Å²) < 4.78 is 10.5. The zero-order chi connectivity index (χ0) is 17.5. The van der Waals surface area contributed by atoms with E-state index in [1.54, 1.807) is 7.11 Å². The summed E-state index contributed by atoms with van der Waals surface area (Å²) in [5.41, 5.74) is 1.91. The van der Waals surface area contributed by atoms with Gasteiger partial charge in [0, 0.05) is 5.56 Å². The summed E-state index contributed by atoms with van der Waals surface area (Å²) in [7, 11) is 3.09. The minimum atomic E-state index is -0.585. The molecule has 0 saturated heterocycles. The molecule has 1 fully saturated rings. The second kappa shape index (κ2) is 5.80. The Balaban J connectivity index is 2.20. The first-order chi connectivity index (χ1) is 11.4. The largest absolute Gasteiger partial charge is 0.497 e. The van der Waals surface area contributed by atoms with Gasteiger partial charge in [-0.05, 0) is 61.3 Å². The number of nitrogens with zero attached hydrogens (tertiary/aromatic N) is 1. The van der Waals surface area contributed by atoms with Crippen LogP contribution in [0.3, 0.4) is 0 Å². The Morgan fingerprint density at radius 2 is 2.04 bits per heavy atom. The van der Waals surface area contributed by atoms with Gasteiger partial charge in [-0.3, -0.25) is 4.79 Å². The number of benzene rings is 1. The number of hydrogen-bond acceptors (Lipinski definition) is 5. The van der Waals surface area contributed by atoms with Crippen molar-refractivity contribution in [1.29, 1.82) is 0 Å².